The van der Waals surface area contributed by atoms with Crippen LogP contribution in [-0.2, 0) is 21.1 Å². The Hall–Kier alpha value is -1.82. The molecule has 0 fully saturated rings. The Morgan fingerprint density at radius 1 is 1.33 bits per heavy atom. The van der Waals surface area contributed by atoms with E-state index in [2.05, 4.69) is 11.9 Å². The van der Waals surface area contributed by atoms with E-state index in [-0.39, 0.29) is 24.6 Å². The fourth-order valence-corrected chi connectivity index (χ4v) is 1.85. The number of rotatable bonds is 6. The number of hydrogen-bond acceptors (Lipinski definition) is 4. The molecule has 6 heteroatoms. The lowest BCUT2D eigenvalue weighted by Crippen LogP contribution is -2.29. The van der Waals surface area contributed by atoms with E-state index >= 15 is 0 Å². The van der Waals surface area contributed by atoms with E-state index < -0.39 is 9.84 Å². The van der Waals surface area contributed by atoms with E-state index in [4.69, 9.17) is 5.73 Å². The minimum atomic E-state index is -3.26. The van der Waals surface area contributed by atoms with Gasteiger partial charge >= 0.3 is 0 Å². The molecule has 0 unspecified atom stereocenters. The van der Waals surface area contributed by atoms with Gasteiger partial charge in [0.15, 0.2) is 9.84 Å². The second-order valence-electron chi connectivity index (χ2n) is 3.80. The highest BCUT2D eigenvalue weighted by molar-refractivity contribution is 7.94. The van der Waals surface area contributed by atoms with Gasteiger partial charge in [-0.1, -0.05) is 18.7 Å². The molecule has 5 nitrogen and oxygen atoms in total. The van der Waals surface area contributed by atoms with Crippen molar-refractivity contribution in [2.75, 3.05) is 18.0 Å². The van der Waals surface area contributed by atoms with Crippen LogP contribution in [-0.4, -0.2) is 26.6 Å². The maximum Gasteiger partial charge on any atom is 0.224 e. The number of carbonyl (C=O) groups excluding carboxylic acids is 1. The zero-order chi connectivity index (χ0) is 13.6. The van der Waals surface area contributed by atoms with E-state index in [0.717, 1.165) is 11.0 Å². The minimum absolute atomic E-state index is 0.0855. The Morgan fingerprint density at radius 3 is 2.50 bits per heavy atom. The van der Waals surface area contributed by atoms with Crippen LogP contribution >= 0.6 is 0 Å². The third-order valence-electron chi connectivity index (χ3n) is 2.31. The largest absolute Gasteiger partial charge is 0.399 e. The van der Waals surface area contributed by atoms with Crippen molar-refractivity contribution >= 4 is 21.4 Å². The summed E-state index contributed by atoms with van der Waals surface area (Å²) in [7, 11) is -3.26. The molecule has 18 heavy (non-hydrogen) atoms. The lowest BCUT2D eigenvalue weighted by Gasteiger charge is -2.05. The molecular formula is C12H16N2O3S. The summed E-state index contributed by atoms with van der Waals surface area (Å²) in [6, 6.07) is 6.94. The van der Waals surface area contributed by atoms with E-state index in [0.29, 0.717) is 5.69 Å². The average Bonchev–Trinajstić information content (AvgIpc) is 2.32. The summed E-state index contributed by atoms with van der Waals surface area (Å²) in [5, 5.41) is 3.43. The van der Waals surface area contributed by atoms with Crippen LogP contribution in [0.2, 0.25) is 0 Å². The number of nitrogen functional groups attached to an aromatic ring is 1. The summed E-state index contributed by atoms with van der Waals surface area (Å²) < 4.78 is 22.2. The van der Waals surface area contributed by atoms with Crippen LogP contribution < -0.4 is 11.1 Å². The van der Waals surface area contributed by atoms with Crippen LogP contribution in [0.25, 0.3) is 0 Å². The number of carbonyl (C=O) groups is 1. The molecule has 0 saturated heterocycles. The molecule has 0 saturated carbocycles. The number of benzene rings is 1. The third kappa shape index (κ3) is 5.01. The second kappa shape index (κ2) is 6.20. The first-order valence-electron chi connectivity index (χ1n) is 5.39. The summed E-state index contributed by atoms with van der Waals surface area (Å²) in [5.41, 5.74) is 6.99. The first kappa shape index (κ1) is 14.2. The lowest BCUT2D eigenvalue weighted by atomic mass is 10.1. The predicted molar refractivity (Wildman–Crippen MR) is 71.6 cm³/mol. The first-order chi connectivity index (χ1) is 8.43. The molecule has 3 N–H and O–H groups in total. The molecule has 0 spiro atoms. The Kier molecular flexibility index (Phi) is 4.91. The van der Waals surface area contributed by atoms with Crippen LogP contribution in [0.15, 0.2) is 36.3 Å². The molecule has 0 radical (unpaired) electrons. The van der Waals surface area contributed by atoms with Crippen molar-refractivity contribution in [2.45, 2.75) is 6.42 Å². The highest BCUT2D eigenvalue weighted by Crippen LogP contribution is 2.05. The van der Waals surface area contributed by atoms with Crippen LogP contribution in [0.1, 0.15) is 5.56 Å². The van der Waals surface area contributed by atoms with E-state index in [9.17, 15) is 13.2 Å². The van der Waals surface area contributed by atoms with Crippen molar-refractivity contribution in [3.63, 3.8) is 0 Å². The van der Waals surface area contributed by atoms with Gasteiger partial charge in [-0.3, -0.25) is 4.79 Å². The third-order valence-corrected chi connectivity index (χ3v) is 3.59. The number of sulfone groups is 1. The number of hydrogen-bond donors (Lipinski definition) is 2. The topological polar surface area (TPSA) is 89.3 Å². The van der Waals surface area contributed by atoms with Crippen molar-refractivity contribution in [1.82, 2.24) is 5.32 Å². The number of anilines is 1. The highest BCUT2D eigenvalue weighted by atomic mass is 32.2. The number of nitrogens with one attached hydrogen (secondary N) is 1. The highest BCUT2D eigenvalue weighted by Gasteiger charge is 2.07. The zero-order valence-corrected chi connectivity index (χ0v) is 10.7. The molecule has 0 bridgehead atoms. The first-order valence-corrected chi connectivity index (χ1v) is 7.11. The number of nitrogens with two attached hydrogens (primary N) is 1. The van der Waals surface area contributed by atoms with E-state index in [1.165, 1.54) is 0 Å². The molecule has 1 aromatic carbocycles. The SMILES string of the molecule is C=CS(=O)(=O)CCNC(=O)Cc1ccc(N)cc1. The molecule has 1 amide bonds. The van der Waals surface area contributed by atoms with Gasteiger partial charge in [-0.05, 0) is 17.7 Å². The van der Waals surface area contributed by atoms with Gasteiger partial charge in [-0.15, -0.1) is 0 Å². The lowest BCUT2D eigenvalue weighted by molar-refractivity contribution is -0.120. The number of amides is 1. The molecule has 0 aliphatic heterocycles. The van der Waals surface area contributed by atoms with Gasteiger partial charge in [0.05, 0.1) is 12.2 Å². The summed E-state index contributed by atoms with van der Waals surface area (Å²) in [5.74, 6) is -0.358. The molecule has 0 atom stereocenters. The molecule has 1 rings (SSSR count). The van der Waals surface area contributed by atoms with Crippen LogP contribution in [0.5, 0.6) is 0 Å². The second-order valence-corrected chi connectivity index (χ2v) is 5.87. The van der Waals surface area contributed by atoms with Crippen molar-refractivity contribution in [1.29, 1.82) is 0 Å². The maximum absolute atomic E-state index is 11.5. The minimum Gasteiger partial charge on any atom is -0.399 e. The van der Waals surface area contributed by atoms with Gasteiger partial charge in [0, 0.05) is 17.6 Å². The van der Waals surface area contributed by atoms with Crippen LogP contribution in [0.4, 0.5) is 5.69 Å². The van der Waals surface area contributed by atoms with Crippen molar-refractivity contribution < 1.29 is 13.2 Å². The summed E-state index contributed by atoms with van der Waals surface area (Å²) >= 11 is 0. The van der Waals surface area contributed by atoms with Crippen LogP contribution in [0, 0.1) is 0 Å². The van der Waals surface area contributed by atoms with Gasteiger partial charge in [-0.2, -0.15) is 0 Å². The van der Waals surface area contributed by atoms with E-state index in [1.807, 2.05) is 0 Å². The normalized spacial score (nSPS) is 10.9. The summed E-state index contributed by atoms with van der Waals surface area (Å²) in [6.45, 7) is 3.28. The smallest absolute Gasteiger partial charge is 0.224 e. The van der Waals surface area contributed by atoms with Crippen molar-refractivity contribution in [3.8, 4) is 0 Å². The van der Waals surface area contributed by atoms with Crippen molar-refractivity contribution in [3.05, 3.63) is 41.8 Å². The average molecular weight is 268 g/mol. The summed E-state index contributed by atoms with van der Waals surface area (Å²) in [6.07, 6.45) is 0.203. The Bertz CT molecular complexity index is 521. The zero-order valence-electron chi connectivity index (χ0n) is 9.93. The molecule has 0 aliphatic carbocycles. The molecule has 98 valence electrons. The molecule has 0 aromatic heterocycles. The van der Waals surface area contributed by atoms with Gasteiger partial charge in [-0.25, -0.2) is 8.42 Å². The molecule has 1 aromatic rings. The van der Waals surface area contributed by atoms with Gasteiger partial charge in [0.2, 0.25) is 5.91 Å². The van der Waals surface area contributed by atoms with Crippen molar-refractivity contribution in [2.24, 2.45) is 0 Å². The molecule has 0 heterocycles. The van der Waals surface area contributed by atoms with Crippen LogP contribution in [0.3, 0.4) is 0 Å². The Balaban J connectivity index is 2.39. The Labute approximate surface area is 107 Å². The summed E-state index contributed by atoms with van der Waals surface area (Å²) in [4.78, 5) is 11.5. The Morgan fingerprint density at radius 2 is 1.94 bits per heavy atom. The standard InChI is InChI=1S/C12H16N2O3S/c1-2-18(16,17)8-7-14-12(15)9-10-3-5-11(13)6-4-10/h2-6H,1,7-9,13H2,(H,14,15). The van der Waals surface area contributed by atoms with Gasteiger partial charge in [0.25, 0.3) is 0 Å². The fourth-order valence-electron chi connectivity index (χ4n) is 1.30. The molecular weight excluding hydrogens is 252 g/mol. The van der Waals surface area contributed by atoms with Gasteiger partial charge in [0.1, 0.15) is 0 Å². The predicted octanol–water partition coefficient (Wildman–Crippen LogP) is 0.486. The monoisotopic (exact) mass is 268 g/mol. The van der Waals surface area contributed by atoms with Gasteiger partial charge < -0.3 is 11.1 Å². The quantitative estimate of drug-likeness (QED) is 0.735. The fraction of sp³-hybridized carbons (Fsp3) is 0.250. The van der Waals surface area contributed by atoms with E-state index in [1.54, 1.807) is 24.3 Å². The maximum atomic E-state index is 11.5. The molecule has 0 aliphatic rings.